The molecule has 6 nitrogen and oxygen atoms in total. The molecule has 1 aromatic carbocycles. The van der Waals surface area contributed by atoms with Gasteiger partial charge < -0.3 is 9.88 Å². The van der Waals surface area contributed by atoms with Crippen LogP contribution in [-0.2, 0) is 13.0 Å². The molecule has 0 radical (unpaired) electrons. The number of carbonyl (C=O) groups is 1. The Labute approximate surface area is 147 Å². The molecule has 0 unspecified atom stereocenters. The fourth-order valence-electron chi connectivity index (χ4n) is 3.01. The number of aromatic nitrogens is 4. The highest BCUT2D eigenvalue weighted by Gasteiger charge is 2.18. The molecule has 1 amide bonds. The summed E-state index contributed by atoms with van der Waals surface area (Å²) in [6, 6.07) is 7.98. The molecule has 0 atom stereocenters. The second-order valence-corrected chi connectivity index (χ2v) is 6.28. The Bertz CT molecular complexity index is 864. The minimum Gasteiger partial charge on any atom is -0.342 e. The Hall–Kier alpha value is -2.63. The minimum absolute atomic E-state index is 0.0282. The van der Waals surface area contributed by atoms with Gasteiger partial charge in [0.1, 0.15) is 11.5 Å². The van der Waals surface area contributed by atoms with Crippen LogP contribution in [0.15, 0.2) is 30.5 Å². The molecule has 0 spiro atoms. The van der Waals surface area contributed by atoms with E-state index in [2.05, 4.69) is 41.0 Å². The summed E-state index contributed by atoms with van der Waals surface area (Å²) in [4.78, 5) is 22.6. The lowest BCUT2D eigenvalue weighted by molar-refractivity contribution is 0.0753. The van der Waals surface area contributed by atoms with Crippen molar-refractivity contribution in [2.45, 2.75) is 40.2 Å². The highest BCUT2D eigenvalue weighted by Crippen LogP contribution is 2.14. The molecule has 6 heteroatoms. The van der Waals surface area contributed by atoms with E-state index in [4.69, 9.17) is 0 Å². The van der Waals surface area contributed by atoms with Gasteiger partial charge in [-0.25, -0.2) is 4.98 Å². The lowest BCUT2D eigenvalue weighted by atomic mass is 10.2. The molecular formula is C19H25N5O. The van der Waals surface area contributed by atoms with Crippen LogP contribution < -0.4 is 0 Å². The molecule has 3 rings (SSSR count). The molecule has 0 fully saturated rings. The Balaban J connectivity index is 1.70. The third-order valence-corrected chi connectivity index (χ3v) is 4.34. The first-order valence-corrected chi connectivity index (χ1v) is 8.88. The summed E-state index contributed by atoms with van der Waals surface area (Å²) in [7, 11) is 0. The number of fused-ring (bicyclic) bond motifs is 1. The number of hydrogen-bond acceptors (Lipinski definition) is 3. The van der Waals surface area contributed by atoms with E-state index in [1.165, 1.54) is 5.56 Å². The molecular weight excluding hydrogens is 314 g/mol. The predicted molar refractivity (Wildman–Crippen MR) is 98.6 cm³/mol. The molecule has 0 aliphatic rings. The van der Waals surface area contributed by atoms with Crippen molar-refractivity contribution in [3.05, 3.63) is 47.5 Å². The molecule has 25 heavy (non-hydrogen) atoms. The Morgan fingerprint density at radius 3 is 2.88 bits per heavy atom. The first kappa shape index (κ1) is 17.2. The fourth-order valence-corrected chi connectivity index (χ4v) is 3.01. The molecule has 3 aromatic rings. The van der Waals surface area contributed by atoms with Crippen molar-refractivity contribution in [3.8, 4) is 0 Å². The number of amides is 1. The lowest BCUT2D eigenvalue weighted by Crippen LogP contribution is -2.34. The number of carbonyl (C=O) groups excluding carboxylic acids is 1. The van der Waals surface area contributed by atoms with Crippen molar-refractivity contribution >= 4 is 16.9 Å². The Morgan fingerprint density at radius 1 is 1.28 bits per heavy atom. The van der Waals surface area contributed by atoms with Crippen LogP contribution in [-0.4, -0.2) is 43.6 Å². The van der Waals surface area contributed by atoms with Gasteiger partial charge in [-0.05, 0) is 44.0 Å². The quantitative estimate of drug-likeness (QED) is 0.719. The number of nitrogens with one attached hydrogen (secondary N) is 1. The highest BCUT2D eigenvalue weighted by molar-refractivity contribution is 5.92. The van der Waals surface area contributed by atoms with E-state index in [0.29, 0.717) is 25.2 Å². The zero-order valence-corrected chi connectivity index (χ0v) is 15.1. The van der Waals surface area contributed by atoms with Crippen LogP contribution >= 0.6 is 0 Å². The second kappa shape index (κ2) is 7.51. The summed E-state index contributed by atoms with van der Waals surface area (Å²) in [5, 5.41) is 4.25. The molecule has 0 saturated carbocycles. The average molecular weight is 339 g/mol. The van der Waals surface area contributed by atoms with Gasteiger partial charge in [-0.1, -0.05) is 13.0 Å². The molecule has 0 aliphatic heterocycles. The number of imidazole rings is 1. The summed E-state index contributed by atoms with van der Waals surface area (Å²) >= 11 is 0. The molecule has 2 heterocycles. The van der Waals surface area contributed by atoms with Crippen molar-refractivity contribution in [1.29, 1.82) is 0 Å². The van der Waals surface area contributed by atoms with E-state index in [9.17, 15) is 4.79 Å². The van der Waals surface area contributed by atoms with Gasteiger partial charge in [0.15, 0.2) is 0 Å². The number of nitrogens with zero attached hydrogens (tertiary/aromatic N) is 4. The van der Waals surface area contributed by atoms with Gasteiger partial charge in [0, 0.05) is 32.3 Å². The summed E-state index contributed by atoms with van der Waals surface area (Å²) in [6.07, 6.45) is 3.35. The van der Waals surface area contributed by atoms with E-state index < -0.39 is 0 Å². The van der Waals surface area contributed by atoms with Crippen LogP contribution in [0.5, 0.6) is 0 Å². The minimum atomic E-state index is 0.0282. The van der Waals surface area contributed by atoms with E-state index >= 15 is 0 Å². The first-order valence-electron chi connectivity index (χ1n) is 8.88. The number of aromatic amines is 1. The van der Waals surface area contributed by atoms with Gasteiger partial charge in [0.05, 0.1) is 11.0 Å². The highest BCUT2D eigenvalue weighted by atomic mass is 16.2. The molecule has 0 bridgehead atoms. The standard InChI is InChI=1S/C19H25N5O/c1-4-11-24-17(8-10-20-24)19(25)23(5-2)12-9-18-21-15-7-6-14(3)13-16(15)22-18/h6-8,10,13H,4-5,9,11-12H2,1-3H3,(H,21,22). The SMILES string of the molecule is CCCn1nccc1C(=O)N(CC)CCc1nc2ccc(C)cc2[nH]1. The van der Waals surface area contributed by atoms with Gasteiger partial charge >= 0.3 is 0 Å². The third-order valence-electron chi connectivity index (χ3n) is 4.34. The van der Waals surface area contributed by atoms with Gasteiger partial charge in [-0.15, -0.1) is 0 Å². The van der Waals surface area contributed by atoms with Gasteiger partial charge in [-0.3, -0.25) is 9.48 Å². The van der Waals surface area contributed by atoms with Crippen molar-refractivity contribution in [1.82, 2.24) is 24.6 Å². The largest absolute Gasteiger partial charge is 0.342 e. The normalized spacial score (nSPS) is 11.2. The number of benzene rings is 1. The van der Waals surface area contributed by atoms with Crippen molar-refractivity contribution in [3.63, 3.8) is 0 Å². The zero-order chi connectivity index (χ0) is 17.8. The van der Waals surface area contributed by atoms with Crippen LogP contribution in [0, 0.1) is 6.92 Å². The van der Waals surface area contributed by atoms with Crippen LogP contribution in [0.2, 0.25) is 0 Å². The monoisotopic (exact) mass is 339 g/mol. The second-order valence-electron chi connectivity index (χ2n) is 6.28. The molecule has 0 aliphatic carbocycles. The summed E-state index contributed by atoms with van der Waals surface area (Å²) in [5.41, 5.74) is 3.88. The number of aryl methyl sites for hydroxylation is 2. The zero-order valence-electron chi connectivity index (χ0n) is 15.1. The molecule has 0 saturated heterocycles. The van der Waals surface area contributed by atoms with Crippen molar-refractivity contribution < 1.29 is 4.79 Å². The molecule has 1 N–H and O–H groups in total. The van der Waals surface area contributed by atoms with E-state index in [0.717, 1.165) is 29.8 Å². The van der Waals surface area contributed by atoms with Crippen molar-refractivity contribution in [2.75, 3.05) is 13.1 Å². The first-order chi connectivity index (χ1) is 12.1. The number of H-pyrrole nitrogens is 1. The maximum Gasteiger partial charge on any atom is 0.272 e. The van der Waals surface area contributed by atoms with Gasteiger partial charge in [0.25, 0.3) is 5.91 Å². The van der Waals surface area contributed by atoms with Crippen LogP contribution in [0.4, 0.5) is 0 Å². The Morgan fingerprint density at radius 2 is 2.12 bits per heavy atom. The smallest absolute Gasteiger partial charge is 0.272 e. The summed E-state index contributed by atoms with van der Waals surface area (Å²) in [5.74, 6) is 0.939. The van der Waals surface area contributed by atoms with E-state index in [1.54, 1.807) is 16.9 Å². The van der Waals surface area contributed by atoms with Crippen molar-refractivity contribution in [2.24, 2.45) is 0 Å². The number of likely N-dealkylation sites (N-methyl/N-ethyl adjacent to an activating group) is 1. The van der Waals surface area contributed by atoms with E-state index in [1.807, 2.05) is 17.9 Å². The van der Waals surface area contributed by atoms with Crippen LogP contribution in [0.3, 0.4) is 0 Å². The van der Waals surface area contributed by atoms with Crippen LogP contribution in [0.25, 0.3) is 11.0 Å². The fraction of sp³-hybridized carbons (Fsp3) is 0.421. The summed E-state index contributed by atoms with van der Waals surface area (Å²) < 4.78 is 1.79. The third kappa shape index (κ3) is 3.73. The van der Waals surface area contributed by atoms with E-state index in [-0.39, 0.29) is 5.91 Å². The Kier molecular flexibility index (Phi) is 5.16. The van der Waals surface area contributed by atoms with Crippen LogP contribution in [0.1, 0.15) is 42.1 Å². The number of rotatable bonds is 7. The predicted octanol–water partition coefficient (Wildman–Crippen LogP) is 3.18. The average Bonchev–Trinajstić information content (AvgIpc) is 3.21. The lowest BCUT2D eigenvalue weighted by Gasteiger charge is -2.20. The molecule has 132 valence electrons. The maximum atomic E-state index is 12.8. The topological polar surface area (TPSA) is 66.8 Å². The summed E-state index contributed by atoms with van der Waals surface area (Å²) in [6.45, 7) is 8.20. The maximum absolute atomic E-state index is 12.8. The van der Waals surface area contributed by atoms with Gasteiger partial charge in [-0.2, -0.15) is 5.10 Å². The van der Waals surface area contributed by atoms with Gasteiger partial charge in [0.2, 0.25) is 0 Å². The molecule has 2 aromatic heterocycles. The number of hydrogen-bond donors (Lipinski definition) is 1.